The summed E-state index contributed by atoms with van der Waals surface area (Å²) in [6, 6.07) is 6.81. The summed E-state index contributed by atoms with van der Waals surface area (Å²) in [5, 5.41) is 3.44. The third-order valence-corrected chi connectivity index (χ3v) is 6.65. The largest absolute Gasteiger partial charge is 0.339 e. The summed E-state index contributed by atoms with van der Waals surface area (Å²) in [5.41, 5.74) is 0.997. The lowest BCUT2D eigenvalue weighted by Crippen LogP contribution is -2.32. The Morgan fingerprint density at radius 1 is 1.24 bits per heavy atom. The number of nitrogens with one attached hydrogen (secondary N) is 2. The van der Waals surface area contributed by atoms with Crippen molar-refractivity contribution in [2.75, 3.05) is 36.7 Å². The number of carbonyl (C=O) groups is 1. The minimum absolute atomic E-state index is 0.00975. The maximum atomic E-state index is 12.8. The number of rotatable bonds is 5. The number of anilines is 1. The van der Waals surface area contributed by atoms with Gasteiger partial charge in [0.15, 0.2) is 0 Å². The Balaban J connectivity index is 1.69. The van der Waals surface area contributed by atoms with Gasteiger partial charge < -0.3 is 10.2 Å². The van der Waals surface area contributed by atoms with Crippen LogP contribution < -0.4 is 10.0 Å². The van der Waals surface area contributed by atoms with E-state index >= 15 is 0 Å². The SMILES string of the molecule is CCCS(=O)(=O)Nc1cccc(C(=O)N2CC[C@@H]3CNC[C@@H]3CC2)c1. The summed E-state index contributed by atoms with van der Waals surface area (Å²) >= 11 is 0. The van der Waals surface area contributed by atoms with Crippen molar-refractivity contribution in [3.05, 3.63) is 29.8 Å². The van der Waals surface area contributed by atoms with Crippen LogP contribution in [0.15, 0.2) is 24.3 Å². The standard InChI is InChI=1S/C18H27N3O3S/c1-2-10-25(23,24)20-17-5-3-4-14(11-17)18(22)21-8-6-15-12-19-13-16(15)7-9-21/h3-5,11,15-16,19-20H,2,6-10,12-13H2,1H3/t15-,16+. The predicted molar refractivity (Wildman–Crippen MR) is 99.1 cm³/mol. The molecule has 1 amide bonds. The first-order valence-corrected chi connectivity index (χ1v) is 10.7. The van der Waals surface area contributed by atoms with Gasteiger partial charge in [-0.05, 0) is 62.4 Å². The molecule has 6 nitrogen and oxygen atoms in total. The zero-order valence-electron chi connectivity index (χ0n) is 14.7. The summed E-state index contributed by atoms with van der Waals surface area (Å²) in [6.07, 6.45) is 2.62. The van der Waals surface area contributed by atoms with Crippen LogP contribution in [0.5, 0.6) is 0 Å². The number of nitrogens with zero attached hydrogens (tertiary/aromatic N) is 1. The van der Waals surface area contributed by atoms with Gasteiger partial charge in [-0.1, -0.05) is 13.0 Å². The molecule has 1 aromatic rings. The average molecular weight is 365 g/mol. The van der Waals surface area contributed by atoms with E-state index in [-0.39, 0.29) is 11.7 Å². The van der Waals surface area contributed by atoms with Crippen LogP contribution in [0.1, 0.15) is 36.5 Å². The fourth-order valence-corrected chi connectivity index (χ4v) is 4.94. The van der Waals surface area contributed by atoms with Gasteiger partial charge in [-0.25, -0.2) is 8.42 Å². The molecule has 2 saturated heterocycles. The lowest BCUT2D eigenvalue weighted by Gasteiger charge is -2.21. The zero-order valence-corrected chi connectivity index (χ0v) is 15.5. The van der Waals surface area contributed by atoms with Gasteiger partial charge in [0.05, 0.1) is 5.75 Å². The molecular formula is C18H27N3O3S. The molecule has 2 aliphatic rings. The maximum absolute atomic E-state index is 12.8. The lowest BCUT2D eigenvalue weighted by atomic mass is 9.92. The minimum Gasteiger partial charge on any atom is -0.339 e. The Hall–Kier alpha value is -1.60. The molecule has 0 aliphatic carbocycles. The molecule has 1 aromatic carbocycles. The summed E-state index contributed by atoms with van der Waals surface area (Å²) < 4.78 is 26.4. The van der Waals surface area contributed by atoms with E-state index in [1.54, 1.807) is 24.3 Å². The fourth-order valence-electron chi connectivity index (χ4n) is 3.82. The third kappa shape index (κ3) is 4.52. The first-order chi connectivity index (χ1) is 12.0. The molecule has 2 N–H and O–H groups in total. The van der Waals surface area contributed by atoms with E-state index in [1.165, 1.54) is 0 Å². The highest BCUT2D eigenvalue weighted by Crippen LogP contribution is 2.28. The fraction of sp³-hybridized carbons (Fsp3) is 0.611. The van der Waals surface area contributed by atoms with Crippen LogP contribution >= 0.6 is 0 Å². The van der Waals surface area contributed by atoms with Gasteiger partial charge in [0.2, 0.25) is 10.0 Å². The van der Waals surface area contributed by atoms with Gasteiger partial charge >= 0.3 is 0 Å². The maximum Gasteiger partial charge on any atom is 0.253 e. The highest BCUT2D eigenvalue weighted by molar-refractivity contribution is 7.92. The second-order valence-electron chi connectivity index (χ2n) is 7.05. The molecule has 0 saturated carbocycles. The number of likely N-dealkylation sites (tertiary alicyclic amines) is 1. The van der Waals surface area contributed by atoms with Crippen LogP contribution in [-0.2, 0) is 10.0 Å². The highest BCUT2D eigenvalue weighted by Gasteiger charge is 2.31. The number of hydrogen-bond donors (Lipinski definition) is 2. The molecular weight excluding hydrogens is 338 g/mol. The first kappa shape index (κ1) is 18.2. The number of carbonyl (C=O) groups excluding carboxylic acids is 1. The van der Waals surface area contributed by atoms with E-state index in [0.29, 0.717) is 29.5 Å². The average Bonchev–Trinajstić information content (AvgIpc) is 2.92. The Bertz CT molecular complexity index is 706. The monoisotopic (exact) mass is 365 g/mol. The van der Waals surface area contributed by atoms with Crippen molar-refractivity contribution in [2.24, 2.45) is 11.8 Å². The Morgan fingerprint density at radius 2 is 1.92 bits per heavy atom. The van der Waals surface area contributed by atoms with Crippen LogP contribution in [0, 0.1) is 11.8 Å². The van der Waals surface area contributed by atoms with Crippen LogP contribution in [0.3, 0.4) is 0 Å². The second-order valence-corrected chi connectivity index (χ2v) is 8.89. The number of hydrogen-bond acceptors (Lipinski definition) is 4. The van der Waals surface area contributed by atoms with Gasteiger partial charge in [-0.15, -0.1) is 0 Å². The van der Waals surface area contributed by atoms with Gasteiger partial charge in [0.25, 0.3) is 5.91 Å². The van der Waals surface area contributed by atoms with Crippen LogP contribution in [0.25, 0.3) is 0 Å². The number of fused-ring (bicyclic) bond motifs is 1. The first-order valence-electron chi connectivity index (χ1n) is 9.09. The van der Waals surface area contributed by atoms with Crippen molar-refractivity contribution in [3.63, 3.8) is 0 Å². The highest BCUT2D eigenvalue weighted by atomic mass is 32.2. The molecule has 138 valence electrons. The summed E-state index contributed by atoms with van der Waals surface area (Å²) in [5.74, 6) is 1.41. The molecule has 2 fully saturated rings. The molecule has 0 spiro atoms. The van der Waals surface area contributed by atoms with Crippen molar-refractivity contribution < 1.29 is 13.2 Å². The van der Waals surface area contributed by atoms with Gasteiger partial charge in [-0.2, -0.15) is 0 Å². The predicted octanol–water partition coefficient (Wildman–Crippen LogP) is 1.91. The third-order valence-electron chi connectivity index (χ3n) is 5.16. The summed E-state index contributed by atoms with van der Waals surface area (Å²) in [6.45, 7) is 5.48. The van der Waals surface area contributed by atoms with Crippen molar-refractivity contribution in [1.29, 1.82) is 0 Å². The quantitative estimate of drug-likeness (QED) is 0.835. The van der Waals surface area contributed by atoms with Crippen molar-refractivity contribution in [3.8, 4) is 0 Å². The Labute approximate surface area is 150 Å². The van der Waals surface area contributed by atoms with Crippen molar-refractivity contribution in [2.45, 2.75) is 26.2 Å². The molecule has 2 heterocycles. The van der Waals surface area contributed by atoms with E-state index in [2.05, 4.69) is 10.0 Å². The molecule has 2 atom stereocenters. The van der Waals surface area contributed by atoms with E-state index in [9.17, 15) is 13.2 Å². The Morgan fingerprint density at radius 3 is 2.56 bits per heavy atom. The second kappa shape index (κ2) is 7.74. The van der Waals surface area contributed by atoms with Crippen molar-refractivity contribution in [1.82, 2.24) is 10.2 Å². The molecule has 0 unspecified atom stereocenters. The molecule has 25 heavy (non-hydrogen) atoms. The van der Waals surface area contributed by atoms with E-state index in [0.717, 1.165) is 39.0 Å². The van der Waals surface area contributed by atoms with Gasteiger partial charge in [0, 0.05) is 24.3 Å². The number of benzene rings is 1. The van der Waals surface area contributed by atoms with Crippen LogP contribution in [-0.4, -0.2) is 51.2 Å². The smallest absolute Gasteiger partial charge is 0.253 e. The number of sulfonamides is 1. The molecule has 3 rings (SSSR count). The summed E-state index contributed by atoms with van der Waals surface area (Å²) in [7, 11) is -3.35. The normalized spacial score (nSPS) is 23.8. The number of amides is 1. The topological polar surface area (TPSA) is 78.5 Å². The molecule has 0 aromatic heterocycles. The summed E-state index contributed by atoms with van der Waals surface area (Å²) in [4.78, 5) is 14.8. The molecule has 2 aliphatic heterocycles. The van der Waals surface area contributed by atoms with E-state index in [4.69, 9.17) is 0 Å². The van der Waals surface area contributed by atoms with Crippen LogP contribution in [0.2, 0.25) is 0 Å². The van der Waals surface area contributed by atoms with E-state index < -0.39 is 10.0 Å². The molecule has 0 radical (unpaired) electrons. The molecule has 7 heteroatoms. The van der Waals surface area contributed by atoms with Crippen molar-refractivity contribution >= 4 is 21.6 Å². The Kier molecular flexibility index (Phi) is 5.64. The van der Waals surface area contributed by atoms with E-state index in [1.807, 2.05) is 11.8 Å². The van der Waals surface area contributed by atoms with Crippen LogP contribution in [0.4, 0.5) is 5.69 Å². The molecule has 0 bridgehead atoms. The minimum atomic E-state index is -3.35. The zero-order chi connectivity index (χ0) is 17.9. The van der Waals surface area contributed by atoms with Gasteiger partial charge in [0.1, 0.15) is 0 Å². The van der Waals surface area contributed by atoms with Gasteiger partial charge in [-0.3, -0.25) is 9.52 Å². The lowest BCUT2D eigenvalue weighted by molar-refractivity contribution is 0.0758.